The van der Waals surface area contributed by atoms with Gasteiger partial charge in [-0.2, -0.15) is 0 Å². The molecule has 0 bridgehead atoms. The predicted octanol–water partition coefficient (Wildman–Crippen LogP) is 2.15. The lowest BCUT2D eigenvalue weighted by Crippen LogP contribution is -2.71. The summed E-state index contributed by atoms with van der Waals surface area (Å²) < 4.78 is 4.71. The van der Waals surface area contributed by atoms with Crippen molar-refractivity contribution in [2.45, 2.75) is 48.6 Å². The third-order valence-electron chi connectivity index (χ3n) is 5.83. The van der Waals surface area contributed by atoms with Crippen LogP contribution in [0, 0.1) is 0 Å². The summed E-state index contributed by atoms with van der Waals surface area (Å²) in [7, 11) is 0. The standard InChI is InChI=1S/C24H24N2O6S/c1-24(2)18(22(29)30)26-20(28)17(21(26)33-24)25-19(27)16(15-11-7-4-8-12-15)23(31)32-13-14-9-5-3-6-10-14/h3-12,16-18,21H,13H2,1-2H3,(H,25,27)(H,29,30). The largest absolute Gasteiger partial charge is 0.480 e. The van der Waals surface area contributed by atoms with E-state index in [1.54, 1.807) is 44.2 Å². The molecule has 9 heteroatoms. The quantitative estimate of drug-likeness (QED) is 0.364. The summed E-state index contributed by atoms with van der Waals surface area (Å²) in [5.74, 6) is -4.20. The number of amides is 2. The number of rotatable bonds is 7. The van der Waals surface area contributed by atoms with Gasteiger partial charge in [-0.1, -0.05) is 60.7 Å². The molecule has 2 amide bonds. The van der Waals surface area contributed by atoms with E-state index in [0.29, 0.717) is 5.56 Å². The molecule has 4 rings (SSSR count). The number of aliphatic carboxylic acids is 1. The zero-order valence-corrected chi connectivity index (χ0v) is 19.0. The zero-order chi connectivity index (χ0) is 23.8. The van der Waals surface area contributed by atoms with Crippen LogP contribution in [0.15, 0.2) is 60.7 Å². The van der Waals surface area contributed by atoms with Crippen molar-refractivity contribution in [3.8, 4) is 0 Å². The van der Waals surface area contributed by atoms with E-state index in [2.05, 4.69) is 5.32 Å². The first-order valence-electron chi connectivity index (χ1n) is 10.5. The number of thioether (sulfide) groups is 1. The molecule has 2 aliphatic heterocycles. The number of ether oxygens (including phenoxy) is 1. The monoisotopic (exact) mass is 468 g/mol. The minimum Gasteiger partial charge on any atom is -0.480 e. The highest BCUT2D eigenvalue weighted by molar-refractivity contribution is 8.01. The van der Waals surface area contributed by atoms with E-state index in [4.69, 9.17) is 4.74 Å². The Balaban J connectivity index is 1.50. The van der Waals surface area contributed by atoms with E-state index in [0.717, 1.165) is 5.56 Å². The van der Waals surface area contributed by atoms with Crippen LogP contribution in [-0.4, -0.2) is 56.0 Å². The summed E-state index contributed by atoms with van der Waals surface area (Å²) in [5.41, 5.74) is 1.23. The van der Waals surface area contributed by atoms with Gasteiger partial charge in [-0.05, 0) is 25.0 Å². The summed E-state index contributed by atoms with van der Waals surface area (Å²) in [6.07, 6.45) is 0. The number of hydrogen-bond acceptors (Lipinski definition) is 6. The Hall–Kier alpha value is -3.33. The second kappa shape index (κ2) is 8.90. The van der Waals surface area contributed by atoms with Crippen LogP contribution in [0.25, 0.3) is 0 Å². The number of fused-ring (bicyclic) bond motifs is 1. The van der Waals surface area contributed by atoms with E-state index in [9.17, 15) is 24.3 Å². The van der Waals surface area contributed by atoms with E-state index in [-0.39, 0.29) is 6.61 Å². The molecule has 0 aliphatic carbocycles. The number of carbonyl (C=O) groups is 4. The van der Waals surface area contributed by atoms with Crippen molar-refractivity contribution in [1.29, 1.82) is 0 Å². The van der Waals surface area contributed by atoms with Crippen molar-refractivity contribution < 1.29 is 29.0 Å². The van der Waals surface area contributed by atoms with Gasteiger partial charge >= 0.3 is 11.9 Å². The molecule has 0 saturated carbocycles. The normalized spacial score (nSPS) is 23.8. The number of nitrogens with zero attached hydrogens (tertiary/aromatic N) is 1. The van der Waals surface area contributed by atoms with Gasteiger partial charge in [0.2, 0.25) is 11.8 Å². The SMILES string of the molecule is CC1(C)SC2C(NC(=O)C(C(=O)OCc3ccccc3)c3ccccc3)C(=O)N2C1C(=O)O. The third kappa shape index (κ3) is 4.32. The number of β-lactam (4-membered cyclic amide) rings is 1. The Morgan fingerprint density at radius 3 is 2.30 bits per heavy atom. The summed E-state index contributed by atoms with van der Waals surface area (Å²) in [6.45, 7) is 3.53. The first-order valence-corrected chi connectivity index (χ1v) is 11.4. The highest BCUT2D eigenvalue weighted by Gasteiger charge is 2.64. The van der Waals surface area contributed by atoms with Crippen molar-refractivity contribution in [3.05, 3.63) is 71.8 Å². The van der Waals surface area contributed by atoms with Gasteiger partial charge in [0, 0.05) is 4.75 Å². The van der Waals surface area contributed by atoms with Gasteiger partial charge in [0.1, 0.15) is 24.1 Å². The van der Waals surface area contributed by atoms with Crippen LogP contribution >= 0.6 is 11.8 Å². The molecule has 0 radical (unpaired) electrons. The topological polar surface area (TPSA) is 113 Å². The number of carboxylic acid groups (broad SMARTS) is 1. The molecule has 2 aromatic rings. The first kappa shape index (κ1) is 22.8. The van der Waals surface area contributed by atoms with Crippen molar-refractivity contribution in [2.75, 3.05) is 0 Å². The van der Waals surface area contributed by atoms with Crippen molar-refractivity contribution in [1.82, 2.24) is 10.2 Å². The van der Waals surface area contributed by atoms with Crippen molar-refractivity contribution in [2.24, 2.45) is 0 Å². The molecule has 2 heterocycles. The lowest BCUT2D eigenvalue weighted by Gasteiger charge is -2.43. The summed E-state index contributed by atoms with van der Waals surface area (Å²) in [6, 6.07) is 15.7. The highest BCUT2D eigenvalue weighted by atomic mass is 32.2. The fraction of sp³-hybridized carbons (Fsp3) is 0.333. The minimum absolute atomic E-state index is 0.0133. The third-order valence-corrected chi connectivity index (χ3v) is 7.40. The lowest BCUT2D eigenvalue weighted by molar-refractivity contribution is -0.161. The van der Waals surface area contributed by atoms with Gasteiger partial charge in [0.25, 0.3) is 0 Å². The van der Waals surface area contributed by atoms with Gasteiger partial charge < -0.3 is 20.1 Å². The molecule has 0 spiro atoms. The number of hydrogen-bond donors (Lipinski definition) is 2. The molecule has 4 atom stereocenters. The zero-order valence-electron chi connectivity index (χ0n) is 18.1. The highest BCUT2D eigenvalue weighted by Crippen LogP contribution is 2.50. The van der Waals surface area contributed by atoms with E-state index < -0.39 is 51.9 Å². The predicted molar refractivity (Wildman–Crippen MR) is 121 cm³/mol. The Bertz CT molecular complexity index is 1070. The molecule has 8 nitrogen and oxygen atoms in total. The van der Waals surface area contributed by atoms with Gasteiger partial charge in [-0.15, -0.1) is 11.8 Å². The summed E-state index contributed by atoms with van der Waals surface area (Å²) >= 11 is 1.32. The maximum Gasteiger partial charge on any atom is 0.327 e. The minimum atomic E-state index is -1.26. The molecule has 2 aliphatic rings. The Morgan fingerprint density at radius 1 is 1.09 bits per heavy atom. The van der Waals surface area contributed by atoms with Crippen LogP contribution in [-0.2, 0) is 30.5 Å². The van der Waals surface area contributed by atoms with Crippen molar-refractivity contribution in [3.63, 3.8) is 0 Å². The molecular weight excluding hydrogens is 444 g/mol. The van der Waals surface area contributed by atoms with Gasteiger partial charge in [0.15, 0.2) is 5.92 Å². The summed E-state index contributed by atoms with van der Waals surface area (Å²) in [4.78, 5) is 51.9. The number of esters is 1. The van der Waals surface area contributed by atoms with E-state index in [1.165, 1.54) is 16.7 Å². The Labute approximate surface area is 195 Å². The van der Waals surface area contributed by atoms with Crippen LogP contribution in [0.2, 0.25) is 0 Å². The maximum atomic E-state index is 13.2. The lowest BCUT2D eigenvalue weighted by atomic mass is 9.94. The number of benzene rings is 2. The molecule has 33 heavy (non-hydrogen) atoms. The van der Waals surface area contributed by atoms with Crippen LogP contribution in [0.4, 0.5) is 0 Å². The second-order valence-electron chi connectivity index (χ2n) is 8.52. The summed E-state index contributed by atoms with van der Waals surface area (Å²) in [5, 5.41) is 11.7. The fourth-order valence-electron chi connectivity index (χ4n) is 4.23. The number of nitrogens with one attached hydrogen (secondary N) is 1. The van der Waals surface area contributed by atoms with Crippen LogP contribution in [0.1, 0.15) is 30.9 Å². The molecule has 2 aromatic carbocycles. The maximum absolute atomic E-state index is 13.2. The number of carbonyl (C=O) groups excluding carboxylic acids is 3. The molecule has 2 fully saturated rings. The second-order valence-corrected chi connectivity index (χ2v) is 10.3. The molecule has 4 unspecified atom stereocenters. The average Bonchev–Trinajstić information content (AvgIpc) is 3.05. The average molecular weight is 469 g/mol. The Kier molecular flexibility index (Phi) is 6.16. The molecule has 2 N–H and O–H groups in total. The van der Waals surface area contributed by atoms with Gasteiger partial charge in [-0.25, -0.2) is 4.79 Å². The van der Waals surface area contributed by atoms with E-state index >= 15 is 0 Å². The molecule has 0 aromatic heterocycles. The van der Waals surface area contributed by atoms with Gasteiger partial charge in [0.05, 0.1) is 0 Å². The van der Waals surface area contributed by atoms with Crippen LogP contribution in [0.5, 0.6) is 0 Å². The van der Waals surface area contributed by atoms with E-state index in [1.807, 2.05) is 30.3 Å². The smallest absolute Gasteiger partial charge is 0.327 e. The van der Waals surface area contributed by atoms with Crippen LogP contribution < -0.4 is 5.32 Å². The van der Waals surface area contributed by atoms with Crippen molar-refractivity contribution >= 4 is 35.5 Å². The fourth-order valence-corrected chi connectivity index (χ4v) is 5.86. The Morgan fingerprint density at radius 2 is 1.70 bits per heavy atom. The van der Waals surface area contributed by atoms with Gasteiger partial charge in [-0.3, -0.25) is 14.4 Å². The molecular formula is C24H24N2O6S. The first-order chi connectivity index (χ1) is 15.7. The van der Waals surface area contributed by atoms with Crippen LogP contribution in [0.3, 0.4) is 0 Å². The molecule has 172 valence electrons. The molecule has 2 saturated heterocycles. The number of carboxylic acids is 1.